The van der Waals surface area contributed by atoms with Gasteiger partial charge in [0.2, 0.25) is 5.91 Å². The zero-order valence-corrected chi connectivity index (χ0v) is 15.1. The van der Waals surface area contributed by atoms with E-state index in [1.807, 2.05) is 31.2 Å². The third-order valence-electron chi connectivity index (χ3n) is 3.52. The first-order valence-corrected chi connectivity index (χ1v) is 8.99. The van der Waals surface area contributed by atoms with Gasteiger partial charge in [0.25, 0.3) is 0 Å². The van der Waals surface area contributed by atoms with Crippen molar-refractivity contribution < 1.29 is 13.9 Å². The molecular formula is C18H19ClFNO2S. The first kappa shape index (κ1) is 18.6. The second-order valence-electron chi connectivity index (χ2n) is 5.22. The minimum Gasteiger partial charge on any atom is -0.496 e. The van der Waals surface area contributed by atoms with Gasteiger partial charge in [-0.05, 0) is 25.1 Å². The zero-order chi connectivity index (χ0) is 17.5. The van der Waals surface area contributed by atoms with Crippen molar-refractivity contribution >= 4 is 29.3 Å². The molecule has 0 unspecified atom stereocenters. The second kappa shape index (κ2) is 8.94. The summed E-state index contributed by atoms with van der Waals surface area (Å²) in [6.07, 6.45) is 0. The van der Waals surface area contributed by atoms with Crippen LogP contribution in [0.1, 0.15) is 24.1 Å². The van der Waals surface area contributed by atoms with Gasteiger partial charge < -0.3 is 10.1 Å². The van der Waals surface area contributed by atoms with Crippen molar-refractivity contribution in [3.8, 4) is 5.75 Å². The number of para-hydroxylation sites is 1. The van der Waals surface area contributed by atoms with Crippen molar-refractivity contribution in [2.24, 2.45) is 0 Å². The number of thioether (sulfide) groups is 1. The summed E-state index contributed by atoms with van der Waals surface area (Å²) in [6, 6.07) is 11.9. The van der Waals surface area contributed by atoms with Crippen LogP contribution >= 0.6 is 23.4 Å². The largest absolute Gasteiger partial charge is 0.496 e. The number of hydrogen-bond donors (Lipinski definition) is 1. The third-order valence-corrected chi connectivity index (χ3v) is 4.84. The highest BCUT2D eigenvalue weighted by Crippen LogP contribution is 2.25. The molecule has 1 atom stereocenters. The lowest BCUT2D eigenvalue weighted by Crippen LogP contribution is -2.28. The van der Waals surface area contributed by atoms with E-state index in [1.54, 1.807) is 19.2 Å². The molecule has 0 saturated heterocycles. The molecule has 2 rings (SSSR count). The Balaban J connectivity index is 1.87. The summed E-state index contributed by atoms with van der Waals surface area (Å²) in [7, 11) is 1.60. The van der Waals surface area contributed by atoms with Gasteiger partial charge in [0, 0.05) is 21.9 Å². The maximum Gasteiger partial charge on any atom is 0.230 e. The molecule has 0 fully saturated rings. The van der Waals surface area contributed by atoms with E-state index in [2.05, 4.69) is 5.32 Å². The molecule has 0 saturated carbocycles. The Labute approximate surface area is 150 Å². The Hall–Kier alpha value is -1.72. The lowest BCUT2D eigenvalue weighted by Gasteiger charge is -2.17. The Bertz CT molecular complexity index is 691. The van der Waals surface area contributed by atoms with Gasteiger partial charge >= 0.3 is 0 Å². The number of hydrogen-bond acceptors (Lipinski definition) is 3. The maximum absolute atomic E-state index is 13.7. The molecule has 0 bridgehead atoms. The van der Waals surface area contributed by atoms with Crippen LogP contribution in [0, 0.1) is 5.82 Å². The van der Waals surface area contributed by atoms with Crippen LogP contribution in [0.2, 0.25) is 5.02 Å². The SMILES string of the molecule is COc1ccccc1[C@H](C)NC(=O)CSCc1c(F)cccc1Cl. The summed E-state index contributed by atoms with van der Waals surface area (Å²) in [5, 5.41) is 3.30. The fourth-order valence-electron chi connectivity index (χ4n) is 2.30. The molecule has 0 aliphatic carbocycles. The summed E-state index contributed by atoms with van der Waals surface area (Å²) in [5.41, 5.74) is 1.34. The van der Waals surface area contributed by atoms with Crippen molar-refractivity contribution in [3.05, 3.63) is 64.4 Å². The molecule has 3 nitrogen and oxygen atoms in total. The highest BCUT2D eigenvalue weighted by Gasteiger charge is 2.14. The molecule has 128 valence electrons. The van der Waals surface area contributed by atoms with Crippen LogP contribution in [0.15, 0.2) is 42.5 Å². The van der Waals surface area contributed by atoms with Gasteiger partial charge in [0.05, 0.1) is 18.9 Å². The van der Waals surface area contributed by atoms with Crippen LogP contribution in [-0.2, 0) is 10.5 Å². The van der Waals surface area contributed by atoms with Gasteiger partial charge in [0.15, 0.2) is 0 Å². The zero-order valence-electron chi connectivity index (χ0n) is 13.5. The van der Waals surface area contributed by atoms with E-state index in [4.69, 9.17) is 16.3 Å². The lowest BCUT2D eigenvalue weighted by atomic mass is 10.1. The Morgan fingerprint density at radius 1 is 1.29 bits per heavy atom. The average Bonchev–Trinajstić information content (AvgIpc) is 2.57. The number of amides is 1. The summed E-state index contributed by atoms with van der Waals surface area (Å²) >= 11 is 7.30. The molecule has 1 N–H and O–H groups in total. The van der Waals surface area contributed by atoms with E-state index in [-0.39, 0.29) is 23.5 Å². The van der Waals surface area contributed by atoms with E-state index in [0.717, 1.165) is 11.3 Å². The molecule has 0 heterocycles. The van der Waals surface area contributed by atoms with E-state index < -0.39 is 0 Å². The maximum atomic E-state index is 13.7. The van der Waals surface area contributed by atoms with Crippen molar-refractivity contribution in [2.45, 2.75) is 18.7 Å². The summed E-state index contributed by atoms with van der Waals surface area (Å²) in [5.74, 6) is 0.839. The normalized spacial score (nSPS) is 11.8. The molecule has 6 heteroatoms. The number of carbonyl (C=O) groups excluding carboxylic acids is 1. The Morgan fingerprint density at radius 2 is 2.04 bits per heavy atom. The van der Waals surface area contributed by atoms with Gasteiger partial charge in [-0.2, -0.15) is 0 Å². The van der Waals surface area contributed by atoms with E-state index >= 15 is 0 Å². The predicted molar refractivity (Wildman–Crippen MR) is 97.1 cm³/mol. The van der Waals surface area contributed by atoms with E-state index in [9.17, 15) is 9.18 Å². The van der Waals surface area contributed by atoms with Crippen LogP contribution in [0.4, 0.5) is 4.39 Å². The summed E-state index contributed by atoms with van der Waals surface area (Å²) < 4.78 is 19.0. The number of rotatable bonds is 7. The van der Waals surface area contributed by atoms with Gasteiger partial charge in [-0.1, -0.05) is 35.9 Å². The molecular weight excluding hydrogens is 349 g/mol. The molecule has 0 spiro atoms. The molecule has 24 heavy (non-hydrogen) atoms. The smallest absolute Gasteiger partial charge is 0.230 e. The molecule has 0 aromatic heterocycles. The van der Waals surface area contributed by atoms with Crippen LogP contribution in [0.25, 0.3) is 0 Å². The number of nitrogens with one attached hydrogen (secondary N) is 1. The first-order chi connectivity index (χ1) is 11.5. The highest BCUT2D eigenvalue weighted by molar-refractivity contribution is 7.99. The fourth-order valence-corrected chi connectivity index (χ4v) is 3.48. The van der Waals surface area contributed by atoms with Crippen molar-refractivity contribution in [1.29, 1.82) is 0 Å². The molecule has 1 amide bonds. The van der Waals surface area contributed by atoms with Crippen LogP contribution in [0.3, 0.4) is 0 Å². The van der Waals surface area contributed by atoms with E-state index in [1.165, 1.54) is 17.8 Å². The van der Waals surface area contributed by atoms with Crippen LogP contribution < -0.4 is 10.1 Å². The van der Waals surface area contributed by atoms with Gasteiger partial charge in [-0.3, -0.25) is 4.79 Å². The number of methoxy groups -OCH3 is 1. The van der Waals surface area contributed by atoms with Crippen LogP contribution in [0.5, 0.6) is 5.75 Å². The number of carbonyl (C=O) groups is 1. The van der Waals surface area contributed by atoms with Crippen molar-refractivity contribution in [1.82, 2.24) is 5.32 Å². The lowest BCUT2D eigenvalue weighted by molar-refractivity contribution is -0.119. The molecule has 0 aliphatic heterocycles. The van der Waals surface area contributed by atoms with E-state index in [0.29, 0.717) is 16.3 Å². The molecule has 2 aromatic carbocycles. The molecule has 0 radical (unpaired) electrons. The van der Waals surface area contributed by atoms with Gasteiger partial charge in [0.1, 0.15) is 11.6 Å². The van der Waals surface area contributed by atoms with Gasteiger partial charge in [-0.15, -0.1) is 11.8 Å². The fraction of sp³-hybridized carbons (Fsp3) is 0.278. The molecule has 2 aromatic rings. The van der Waals surface area contributed by atoms with Crippen LogP contribution in [-0.4, -0.2) is 18.8 Å². The number of halogens is 2. The minimum absolute atomic E-state index is 0.120. The standard InChI is InChI=1S/C18H19ClFNO2S/c1-12(13-6-3-4-9-17(13)23-2)21-18(22)11-24-10-14-15(19)7-5-8-16(14)20/h3-9,12H,10-11H2,1-2H3,(H,21,22)/t12-/m0/s1. The van der Waals surface area contributed by atoms with Gasteiger partial charge in [-0.25, -0.2) is 4.39 Å². The monoisotopic (exact) mass is 367 g/mol. The highest BCUT2D eigenvalue weighted by atomic mass is 35.5. The number of benzene rings is 2. The topological polar surface area (TPSA) is 38.3 Å². The first-order valence-electron chi connectivity index (χ1n) is 7.45. The van der Waals surface area contributed by atoms with Crippen molar-refractivity contribution in [3.63, 3.8) is 0 Å². The quantitative estimate of drug-likeness (QED) is 0.777. The number of ether oxygens (including phenoxy) is 1. The summed E-state index contributed by atoms with van der Waals surface area (Å²) in [4.78, 5) is 12.1. The average molecular weight is 368 g/mol. The Kier molecular flexibility index (Phi) is 6.94. The third kappa shape index (κ3) is 4.89. The Morgan fingerprint density at radius 3 is 2.75 bits per heavy atom. The summed E-state index contributed by atoms with van der Waals surface area (Å²) in [6.45, 7) is 1.90. The predicted octanol–water partition coefficient (Wildman–Crippen LogP) is 4.60. The minimum atomic E-state index is -0.349. The molecule has 0 aliphatic rings. The van der Waals surface area contributed by atoms with Crippen molar-refractivity contribution in [2.75, 3.05) is 12.9 Å². The second-order valence-corrected chi connectivity index (χ2v) is 6.62.